The van der Waals surface area contributed by atoms with Crippen LogP contribution < -0.4 is 10.5 Å². The summed E-state index contributed by atoms with van der Waals surface area (Å²) >= 11 is 0. The number of anilines is 1. The lowest BCUT2D eigenvalue weighted by Gasteiger charge is -2.34. The summed E-state index contributed by atoms with van der Waals surface area (Å²) in [4.78, 5) is -0.359. The fourth-order valence-electron chi connectivity index (χ4n) is 2.77. The number of benzene rings is 1. The SMILES string of the molecule is Cc1cc(N)cc(S(=O)(=O)NC2(C)CCCCC2)c1F. The number of sulfonamides is 1. The molecule has 0 saturated heterocycles. The van der Waals surface area contributed by atoms with E-state index in [9.17, 15) is 12.8 Å². The molecule has 6 heteroatoms. The van der Waals surface area contributed by atoms with E-state index >= 15 is 0 Å². The summed E-state index contributed by atoms with van der Waals surface area (Å²) in [5.74, 6) is -0.730. The fourth-order valence-corrected chi connectivity index (χ4v) is 4.42. The van der Waals surface area contributed by atoms with Gasteiger partial charge in [0.1, 0.15) is 10.7 Å². The summed E-state index contributed by atoms with van der Waals surface area (Å²) < 4.78 is 41.6. The van der Waals surface area contributed by atoms with E-state index in [1.807, 2.05) is 6.92 Å². The Morgan fingerprint density at radius 1 is 1.25 bits per heavy atom. The Morgan fingerprint density at radius 3 is 2.45 bits per heavy atom. The summed E-state index contributed by atoms with van der Waals surface area (Å²) in [6.07, 6.45) is 4.63. The molecule has 0 aliphatic heterocycles. The Bertz CT molecular complexity index is 608. The molecule has 0 unspecified atom stereocenters. The van der Waals surface area contributed by atoms with E-state index in [-0.39, 0.29) is 16.1 Å². The predicted octanol–water partition coefficient (Wildman–Crippen LogP) is 2.72. The molecule has 0 amide bonds. The zero-order valence-corrected chi connectivity index (χ0v) is 12.7. The lowest BCUT2D eigenvalue weighted by molar-refractivity contribution is 0.293. The highest BCUT2D eigenvalue weighted by atomic mass is 32.2. The Hall–Kier alpha value is -1.14. The van der Waals surface area contributed by atoms with Crippen LogP contribution in [0.25, 0.3) is 0 Å². The first kappa shape index (κ1) is 15.3. The molecule has 1 saturated carbocycles. The van der Waals surface area contributed by atoms with E-state index < -0.39 is 21.4 Å². The minimum atomic E-state index is -3.90. The summed E-state index contributed by atoms with van der Waals surface area (Å²) in [7, 11) is -3.90. The average Bonchev–Trinajstić information content (AvgIpc) is 2.33. The lowest BCUT2D eigenvalue weighted by atomic mass is 9.84. The highest BCUT2D eigenvalue weighted by Gasteiger charge is 2.33. The van der Waals surface area contributed by atoms with Crippen molar-refractivity contribution in [1.82, 2.24) is 4.72 Å². The monoisotopic (exact) mass is 300 g/mol. The van der Waals surface area contributed by atoms with Crippen molar-refractivity contribution < 1.29 is 12.8 Å². The number of rotatable bonds is 3. The molecule has 0 atom stereocenters. The number of hydrogen-bond donors (Lipinski definition) is 2. The quantitative estimate of drug-likeness (QED) is 0.843. The molecule has 3 N–H and O–H groups in total. The van der Waals surface area contributed by atoms with Gasteiger partial charge in [-0.1, -0.05) is 19.3 Å². The third-order valence-corrected chi connectivity index (χ3v) is 5.51. The van der Waals surface area contributed by atoms with Crippen LogP contribution in [0.4, 0.5) is 10.1 Å². The summed E-state index contributed by atoms with van der Waals surface area (Å²) in [6, 6.07) is 2.60. The van der Waals surface area contributed by atoms with Gasteiger partial charge in [-0.15, -0.1) is 0 Å². The second-order valence-corrected chi connectivity index (χ2v) is 7.53. The van der Waals surface area contributed by atoms with Gasteiger partial charge in [0.15, 0.2) is 0 Å². The molecule has 0 heterocycles. The van der Waals surface area contributed by atoms with E-state index in [0.29, 0.717) is 0 Å². The number of nitrogens with one attached hydrogen (secondary N) is 1. The van der Waals surface area contributed by atoms with E-state index in [4.69, 9.17) is 5.73 Å². The third-order valence-electron chi connectivity index (χ3n) is 3.87. The van der Waals surface area contributed by atoms with Gasteiger partial charge in [-0.05, 0) is 44.4 Å². The van der Waals surface area contributed by atoms with Gasteiger partial charge < -0.3 is 5.73 Å². The standard InChI is InChI=1S/C14H21FN2O2S/c1-10-8-11(16)9-12(13(10)15)20(18,19)17-14(2)6-4-3-5-7-14/h8-9,17H,3-7,16H2,1-2H3. The molecule has 1 aromatic rings. The molecule has 2 rings (SSSR count). The number of hydrogen-bond acceptors (Lipinski definition) is 3. The Labute approximate surface area is 119 Å². The van der Waals surface area contributed by atoms with E-state index in [2.05, 4.69) is 4.72 Å². The fraction of sp³-hybridized carbons (Fsp3) is 0.571. The van der Waals surface area contributed by atoms with Gasteiger partial charge in [0, 0.05) is 11.2 Å². The van der Waals surface area contributed by atoms with Gasteiger partial charge in [0.2, 0.25) is 10.0 Å². The van der Waals surface area contributed by atoms with Crippen LogP contribution in [0.5, 0.6) is 0 Å². The minimum absolute atomic E-state index is 0.235. The van der Waals surface area contributed by atoms with Crippen molar-refractivity contribution in [3.63, 3.8) is 0 Å². The van der Waals surface area contributed by atoms with Crippen molar-refractivity contribution in [3.8, 4) is 0 Å². The van der Waals surface area contributed by atoms with Crippen LogP contribution in [0.15, 0.2) is 17.0 Å². The maximum absolute atomic E-state index is 14.1. The van der Waals surface area contributed by atoms with Crippen LogP contribution in [0.3, 0.4) is 0 Å². The molecule has 20 heavy (non-hydrogen) atoms. The van der Waals surface area contributed by atoms with Gasteiger partial charge in [0.25, 0.3) is 0 Å². The number of nitrogen functional groups attached to an aromatic ring is 1. The molecule has 0 bridgehead atoms. The summed E-state index contributed by atoms with van der Waals surface area (Å²) in [5.41, 5.74) is 5.62. The molecule has 1 aliphatic rings. The molecule has 112 valence electrons. The van der Waals surface area contributed by atoms with E-state index in [1.54, 1.807) is 0 Å². The van der Waals surface area contributed by atoms with Crippen molar-refractivity contribution in [1.29, 1.82) is 0 Å². The first-order valence-corrected chi connectivity index (χ1v) is 8.31. The van der Waals surface area contributed by atoms with Gasteiger partial charge in [-0.3, -0.25) is 0 Å². The first-order chi connectivity index (χ1) is 9.23. The maximum Gasteiger partial charge on any atom is 0.244 e. The number of aryl methyl sites for hydroxylation is 1. The molecule has 0 radical (unpaired) electrons. The van der Waals surface area contributed by atoms with Crippen LogP contribution in [-0.2, 0) is 10.0 Å². The van der Waals surface area contributed by atoms with Crippen LogP contribution >= 0.6 is 0 Å². The second-order valence-electron chi connectivity index (χ2n) is 5.88. The van der Waals surface area contributed by atoms with Crippen LogP contribution in [0, 0.1) is 12.7 Å². The highest BCUT2D eigenvalue weighted by molar-refractivity contribution is 7.89. The topological polar surface area (TPSA) is 72.2 Å². The first-order valence-electron chi connectivity index (χ1n) is 6.83. The van der Waals surface area contributed by atoms with Crippen LogP contribution in [0.1, 0.15) is 44.6 Å². The smallest absolute Gasteiger partial charge is 0.244 e. The normalized spacial score (nSPS) is 18.9. The van der Waals surface area contributed by atoms with E-state index in [1.165, 1.54) is 19.1 Å². The molecular formula is C14H21FN2O2S. The van der Waals surface area contributed by atoms with Crippen molar-refractivity contribution in [2.75, 3.05) is 5.73 Å². The molecule has 0 aromatic heterocycles. The molecule has 1 fully saturated rings. The van der Waals surface area contributed by atoms with Crippen LogP contribution in [0.2, 0.25) is 0 Å². The lowest BCUT2D eigenvalue weighted by Crippen LogP contribution is -2.47. The predicted molar refractivity (Wildman–Crippen MR) is 77.4 cm³/mol. The average molecular weight is 300 g/mol. The Kier molecular flexibility index (Phi) is 4.07. The third kappa shape index (κ3) is 3.12. The highest BCUT2D eigenvalue weighted by Crippen LogP contribution is 2.30. The van der Waals surface area contributed by atoms with E-state index in [0.717, 1.165) is 32.1 Å². The van der Waals surface area contributed by atoms with Crippen molar-refractivity contribution in [2.24, 2.45) is 0 Å². The molecular weight excluding hydrogens is 279 g/mol. The Morgan fingerprint density at radius 2 is 1.85 bits per heavy atom. The van der Waals surface area contributed by atoms with Crippen LogP contribution in [-0.4, -0.2) is 14.0 Å². The van der Waals surface area contributed by atoms with Gasteiger partial charge >= 0.3 is 0 Å². The summed E-state index contributed by atoms with van der Waals surface area (Å²) in [5, 5.41) is 0. The number of halogens is 1. The second kappa shape index (κ2) is 5.33. The van der Waals surface area contributed by atoms with Crippen molar-refractivity contribution in [2.45, 2.75) is 56.4 Å². The van der Waals surface area contributed by atoms with Gasteiger partial charge in [0.05, 0.1) is 0 Å². The molecule has 1 aromatic carbocycles. The number of nitrogens with two attached hydrogens (primary N) is 1. The maximum atomic E-state index is 14.1. The van der Waals surface area contributed by atoms with Crippen molar-refractivity contribution >= 4 is 15.7 Å². The summed E-state index contributed by atoms with van der Waals surface area (Å²) in [6.45, 7) is 3.38. The minimum Gasteiger partial charge on any atom is -0.399 e. The van der Waals surface area contributed by atoms with Gasteiger partial charge in [-0.2, -0.15) is 0 Å². The van der Waals surface area contributed by atoms with Gasteiger partial charge in [-0.25, -0.2) is 17.5 Å². The largest absolute Gasteiger partial charge is 0.399 e. The van der Waals surface area contributed by atoms with Crippen molar-refractivity contribution in [3.05, 3.63) is 23.5 Å². The molecule has 4 nitrogen and oxygen atoms in total. The zero-order chi connectivity index (χ0) is 15.0. The molecule has 1 aliphatic carbocycles. The molecule has 0 spiro atoms. The zero-order valence-electron chi connectivity index (χ0n) is 11.9. The Balaban J connectivity index is 2.36.